The molecule has 0 saturated carbocycles. The molecule has 3 nitrogen and oxygen atoms in total. The van der Waals surface area contributed by atoms with Crippen molar-refractivity contribution in [1.82, 2.24) is 10.2 Å². The van der Waals surface area contributed by atoms with Gasteiger partial charge in [-0.2, -0.15) is 0 Å². The molecule has 3 heteroatoms. The highest BCUT2D eigenvalue weighted by Gasteiger charge is 2.31. The predicted molar refractivity (Wildman–Crippen MR) is 71.6 cm³/mol. The zero-order chi connectivity index (χ0) is 13.0. The highest BCUT2D eigenvalue weighted by Crippen LogP contribution is 2.21. The molecular formula is C14H26N2O. The van der Waals surface area contributed by atoms with Crippen molar-refractivity contribution in [2.24, 2.45) is 5.92 Å². The maximum absolute atomic E-state index is 12.3. The van der Waals surface area contributed by atoms with E-state index in [0.717, 1.165) is 31.5 Å². The first-order chi connectivity index (χ1) is 8.04. The van der Waals surface area contributed by atoms with E-state index in [9.17, 15) is 4.79 Å². The van der Waals surface area contributed by atoms with E-state index in [4.69, 9.17) is 0 Å². The molecule has 2 atom stereocenters. The first-order valence-corrected chi connectivity index (χ1v) is 6.77. The largest absolute Gasteiger partial charge is 0.328 e. The average molecular weight is 238 g/mol. The van der Waals surface area contributed by atoms with Gasteiger partial charge in [-0.3, -0.25) is 9.69 Å². The number of nitrogens with zero attached hydrogens (tertiary/aromatic N) is 1. The predicted octanol–water partition coefficient (Wildman–Crippen LogP) is 2.54. The molecule has 1 N–H and O–H groups in total. The van der Waals surface area contributed by atoms with Crippen LogP contribution in [-0.4, -0.2) is 30.4 Å². The summed E-state index contributed by atoms with van der Waals surface area (Å²) >= 11 is 0. The Morgan fingerprint density at radius 1 is 1.35 bits per heavy atom. The highest BCUT2D eigenvalue weighted by molar-refractivity contribution is 5.84. The number of hydrogen-bond donors (Lipinski definition) is 1. The Balaban J connectivity index is 2.97. The van der Waals surface area contributed by atoms with E-state index < -0.39 is 0 Å². The zero-order valence-electron chi connectivity index (χ0n) is 11.8. The van der Waals surface area contributed by atoms with Crippen LogP contribution in [0.4, 0.5) is 0 Å². The molecule has 0 aromatic carbocycles. The van der Waals surface area contributed by atoms with Crippen molar-refractivity contribution in [3.8, 4) is 0 Å². The van der Waals surface area contributed by atoms with Crippen molar-refractivity contribution < 1.29 is 4.79 Å². The fourth-order valence-corrected chi connectivity index (χ4v) is 2.59. The molecule has 0 bridgehead atoms. The van der Waals surface area contributed by atoms with Gasteiger partial charge in [-0.1, -0.05) is 34.1 Å². The third-order valence-corrected chi connectivity index (χ3v) is 3.85. The quantitative estimate of drug-likeness (QED) is 0.816. The number of rotatable bonds is 4. The van der Waals surface area contributed by atoms with Crippen LogP contribution in [-0.2, 0) is 4.79 Å². The van der Waals surface area contributed by atoms with Gasteiger partial charge in [-0.25, -0.2) is 0 Å². The lowest BCUT2D eigenvalue weighted by Crippen LogP contribution is -2.46. The van der Waals surface area contributed by atoms with Crippen LogP contribution in [0.1, 0.15) is 47.0 Å². The minimum atomic E-state index is 0.00519. The normalized spacial score (nSPS) is 24.5. The van der Waals surface area contributed by atoms with Crippen molar-refractivity contribution in [2.75, 3.05) is 13.6 Å². The molecule has 0 aliphatic carbocycles. The number of carbonyl (C=O) groups is 1. The van der Waals surface area contributed by atoms with Gasteiger partial charge in [0.25, 0.3) is 0 Å². The van der Waals surface area contributed by atoms with Gasteiger partial charge >= 0.3 is 0 Å². The van der Waals surface area contributed by atoms with E-state index in [1.54, 1.807) is 0 Å². The Hall–Kier alpha value is -0.830. The van der Waals surface area contributed by atoms with Gasteiger partial charge in [0.2, 0.25) is 5.91 Å². The number of carbonyl (C=O) groups excluding carboxylic acids is 1. The molecule has 1 amide bonds. The van der Waals surface area contributed by atoms with Crippen molar-refractivity contribution in [3.05, 3.63) is 11.3 Å². The van der Waals surface area contributed by atoms with Crippen molar-refractivity contribution in [1.29, 1.82) is 0 Å². The van der Waals surface area contributed by atoms with E-state index in [1.807, 2.05) is 0 Å². The third-order valence-electron chi connectivity index (χ3n) is 3.85. The number of likely N-dealkylation sites (N-methyl/N-ethyl adjacent to an activating group) is 1. The lowest BCUT2D eigenvalue weighted by Gasteiger charge is -2.29. The second kappa shape index (κ2) is 6.20. The number of nitrogens with one attached hydrogen (secondary N) is 1. The molecule has 1 aliphatic rings. The van der Waals surface area contributed by atoms with Crippen molar-refractivity contribution in [2.45, 2.75) is 53.0 Å². The summed E-state index contributed by atoms with van der Waals surface area (Å²) in [4.78, 5) is 14.5. The van der Waals surface area contributed by atoms with E-state index in [1.165, 1.54) is 5.57 Å². The van der Waals surface area contributed by atoms with Crippen molar-refractivity contribution >= 4 is 5.91 Å². The Kier molecular flexibility index (Phi) is 5.19. The monoisotopic (exact) mass is 238 g/mol. The van der Waals surface area contributed by atoms with Crippen LogP contribution in [0.25, 0.3) is 0 Å². The van der Waals surface area contributed by atoms with Crippen LogP contribution >= 0.6 is 0 Å². The lowest BCUT2D eigenvalue weighted by atomic mass is 9.97. The molecule has 1 heterocycles. The van der Waals surface area contributed by atoms with Gasteiger partial charge < -0.3 is 5.32 Å². The molecule has 0 aromatic heterocycles. The summed E-state index contributed by atoms with van der Waals surface area (Å²) in [6, 6.07) is 0.00519. The maximum atomic E-state index is 12.3. The van der Waals surface area contributed by atoms with Gasteiger partial charge in [-0.15, -0.1) is 0 Å². The van der Waals surface area contributed by atoms with Crippen LogP contribution in [0.15, 0.2) is 11.3 Å². The van der Waals surface area contributed by atoms with E-state index in [0.29, 0.717) is 5.92 Å². The Morgan fingerprint density at radius 2 is 2.00 bits per heavy atom. The molecule has 0 fully saturated rings. The topological polar surface area (TPSA) is 32.3 Å². The highest BCUT2D eigenvalue weighted by atomic mass is 16.2. The molecule has 1 aliphatic heterocycles. The Morgan fingerprint density at radius 3 is 2.47 bits per heavy atom. The fraction of sp³-hybridized carbons (Fsp3) is 0.786. The molecule has 0 aromatic rings. The second-order valence-corrected chi connectivity index (χ2v) is 5.02. The van der Waals surface area contributed by atoms with Crippen LogP contribution in [0.3, 0.4) is 0 Å². The molecule has 17 heavy (non-hydrogen) atoms. The summed E-state index contributed by atoms with van der Waals surface area (Å²) in [7, 11) is 2.06. The molecule has 0 radical (unpaired) electrons. The van der Waals surface area contributed by atoms with Gasteiger partial charge in [0.1, 0.15) is 0 Å². The van der Waals surface area contributed by atoms with E-state index in [-0.39, 0.29) is 11.9 Å². The number of amides is 1. The first kappa shape index (κ1) is 14.2. The second-order valence-electron chi connectivity index (χ2n) is 5.02. The standard InChI is InChI=1S/C14H26N2O/c1-6-10(4)13-14(17)15-12(8-3)11(7-2)9-16(13)5/h10,13H,6-9H2,1-5H3,(H,15,17)/t10?,13-/m1/s1. The van der Waals surface area contributed by atoms with Gasteiger partial charge in [0.15, 0.2) is 0 Å². The Bertz CT molecular complexity index is 309. The SMILES string of the molecule is CCC1=C(CC)NC(=O)[C@@H](C(C)CC)N(C)C1. The molecule has 1 rings (SSSR count). The summed E-state index contributed by atoms with van der Waals surface area (Å²) in [5, 5.41) is 3.12. The van der Waals surface area contributed by atoms with Crippen molar-refractivity contribution in [3.63, 3.8) is 0 Å². The van der Waals surface area contributed by atoms with Crippen LogP contribution in [0.5, 0.6) is 0 Å². The molecular weight excluding hydrogens is 212 g/mol. The molecule has 0 saturated heterocycles. The average Bonchev–Trinajstić information content (AvgIpc) is 2.44. The molecule has 0 spiro atoms. The Labute approximate surface area is 105 Å². The summed E-state index contributed by atoms with van der Waals surface area (Å²) in [5.41, 5.74) is 2.50. The van der Waals surface area contributed by atoms with Gasteiger partial charge in [0, 0.05) is 12.2 Å². The summed E-state index contributed by atoms with van der Waals surface area (Å²) in [6.45, 7) is 9.48. The van der Waals surface area contributed by atoms with Crippen LogP contribution < -0.4 is 5.32 Å². The van der Waals surface area contributed by atoms with Gasteiger partial charge in [-0.05, 0) is 31.4 Å². The summed E-state index contributed by atoms with van der Waals surface area (Å²) in [6.07, 6.45) is 2.96. The third kappa shape index (κ3) is 3.09. The number of allylic oxidation sites excluding steroid dienone is 1. The first-order valence-electron chi connectivity index (χ1n) is 6.77. The minimum absolute atomic E-state index is 0.00519. The molecule has 1 unspecified atom stereocenters. The zero-order valence-corrected chi connectivity index (χ0v) is 11.8. The smallest absolute Gasteiger partial charge is 0.241 e. The molecule has 98 valence electrons. The van der Waals surface area contributed by atoms with Crippen LogP contribution in [0.2, 0.25) is 0 Å². The summed E-state index contributed by atoms with van der Waals surface area (Å²) in [5.74, 6) is 0.566. The lowest BCUT2D eigenvalue weighted by molar-refractivity contribution is -0.126. The van der Waals surface area contributed by atoms with E-state index in [2.05, 4.69) is 45.0 Å². The maximum Gasteiger partial charge on any atom is 0.241 e. The minimum Gasteiger partial charge on any atom is -0.328 e. The summed E-state index contributed by atoms with van der Waals surface area (Å²) < 4.78 is 0. The fourth-order valence-electron chi connectivity index (χ4n) is 2.59. The number of hydrogen-bond acceptors (Lipinski definition) is 2. The van der Waals surface area contributed by atoms with Gasteiger partial charge in [0.05, 0.1) is 6.04 Å². The van der Waals surface area contributed by atoms with Crippen LogP contribution in [0, 0.1) is 5.92 Å². The van der Waals surface area contributed by atoms with E-state index >= 15 is 0 Å².